The minimum Gasteiger partial charge on any atom is -0.287 e. The van der Waals surface area contributed by atoms with Gasteiger partial charge in [0.1, 0.15) is 0 Å². The molecular formula is C23H45BrO. The van der Waals surface area contributed by atoms with Gasteiger partial charge in [0.15, 0.2) is 4.69 Å². The molecule has 0 saturated heterocycles. The Morgan fingerprint density at radius 1 is 0.480 bits per heavy atom. The fourth-order valence-electron chi connectivity index (χ4n) is 3.52. The van der Waals surface area contributed by atoms with Crippen molar-refractivity contribution in [2.45, 2.75) is 142 Å². The standard InChI is InChI=1S/C23H45BrO/c1-2-3-4-5-6-7-8-9-10-11-12-13-14-15-16-17-18-19-20-21-22-23(24)25/h2-22H2,1H3. The van der Waals surface area contributed by atoms with Crippen LogP contribution in [0.25, 0.3) is 0 Å². The second-order valence-electron chi connectivity index (χ2n) is 7.82. The van der Waals surface area contributed by atoms with Crippen LogP contribution >= 0.6 is 15.9 Å². The minimum absolute atomic E-state index is 0.162. The summed E-state index contributed by atoms with van der Waals surface area (Å²) in [7, 11) is 0. The summed E-state index contributed by atoms with van der Waals surface area (Å²) >= 11 is 2.99. The van der Waals surface area contributed by atoms with Gasteiger partial charge in [0, 0.05) is 6.42 Å². The Labute approximate surface area is 167 Å². The van der Waals surface area contributed by atoms with E-state index in [1.165, 1.54) is 122 Å². The molecule has 25 heavy (non-hydrogen) atoms. The van der Waals surface area contributed by atoms with E-state index < -0.39 is 0 Å². The molecule has 0 heterocycles. The second-order valence-corrected chi connectivity index (χ2v) is 8.71. The van der Waals surface area contributed by atoms with Crippen LogP contribution in [0.3, 0.4) is 0 Å². The first-order chi connectivity index (χ1) is 12.3. The van der Waals surface area contributed by atoms with Gasteiger partial charge in [0.05, 0.1) is 0 Å². The van der Waals surface area contributed by atoms with E-state index in [0.717, 1.165) is 6.42 Å². The van der Waals surface area contributed by atoms with Gasteiger partial charge in [-0.3, -0.25) is 4.79 Å². The van der Waals surface area contributed by atoms with Gasteiger partial charge in [0.25, 0.3) is 0 Å². The maximum absolute atomic E-state index is 10.8. The molecule has 0 fully saturated rings. The van der Waals surface area contributed by atoms with Gasteiger partial charge in [-0.2, -0.15) is 0 Å². The van der Waals surface area contributed by atoms with Crippen molar-refractivity contribution in [3.8, 4) is 0 Å². The Morgan fingerprint density at radius 2 is 0.720 bits per heavy atom. The second kappa shape index (κ2) is 22.2. The van der Waals surface area contributed by atoms with E-state index in [4.69, 9.17) is 0 Å². The molecule has 150 valence electrons. The van der Waals surface area contributed by atoms with E-state index in [-0.39, 0.29) is 4.69 Å². The van der Waals surface area contributed by atoms with Gasteiger partial charge in [-0.25, -0.2) is 0 Å². The molecule has 0 spiro atoms. The van der Waals surface area contributed by atoms with Gasteiger partial charge < -0.3 is 0 Å². The van der Waals surface area contributed by atoms with Crippen molar-refractivity contribution in [3.63, 3.8) is 0 Å². The van der Waals surface area contributed by atoms with E-state index in [0.29, 0.717) is 6.42 Å². The highest BCUT2D eigenvalue weighted by molar-refractivity contribution is 9.18. The highest BCUT2D eigenvalue weighted by Gasteiger charge is 1.97. The fourth-order valence-corrected chi connectivity index (χ4v) is 3.80. The van der Waals surface area contributed by atoms with Crippen LogP contribution in [0.2, 0.25) is 0 Å². The molecule has 0 rings (SSSR count). The summed E-state index contributed by atoms with van der Waals surface area (Å²) in [5.41, 5.74) is 0. The Morgan fingerprint density at radius 3 is 0.960 bits per heavy atom. The zero-order chi connectivity index (χ0) is 18.4. The number of hydrogen-bond donors (Lipinski definition) is 0. The molecule has 0 aromatic heterocycles. The van der Waals surface area contributed by atoms with Crippen molar-refractivity contribution in [1.29, 1.82) is 0 Å². The highest BCUT2D eigenvalue weighted by Crippen LogP contribution is 2.15. The van der Waals surface area contributed by atoms with Crippen LogP contribution in [-0.2, 0) is 4.79 Å². The molecular weight excluding hydrogens is 372 g/mol. The molecule has 1 nitrogen and oxygen atoms in total. The summed E-state index contributed by atoms with van der Waals surface area (Å²) < 4.78 is 0.162. The van der Waals surface area contributed by atoms with Crippen LogP contribution in [0, 0.1) is 0 Å². The molecule has 0 atom stereocenters. The van der Waals surface area contributed by atoms with E-state index in [1.807, 2.05) is 0 Å². The Bertz CT molecular complexity index is 265. The van der Waals surface area contributed by atoms with Crippen LogP contribution in [0.15, 0.2) is 0 Å². The number of carbonyl (C=O) groups excluding carboxylic acids is 1. The monoisotopic (exact) mass is 416 g/mol. The third-order valence-electron chi connectivity index (χ3n) is 5.23. The van der Waals surface area contributed by atoms with Gasteiger partial charge in [-0.15, -0.1) is 0 Å². The molecule has 0 aliphatic rings. The maximum atomic E-state index is 10.8. The first-order valence-electron chi connectivity index (χ1n) is 11.5. The summed E-state index contributed by atoms with van der Waals surface area (Å²) in [5, 5.41) is 0. The maximum Gasteiger partial charge on any atom is 0.197 e. The number of unbranched alkanes of at least 4 members (excludes halogenated alkanes) is 19. The van der Waals surface area contributed by atoms with Crippen LogP contribution in [0.1, 0.15) is 142 Å². The van der Waals surface area contributed by atoms with Crippen molar-refractivity contribution >= 4 is 20.6 Å². The molecule has 0 unspecified atom stereocenters. The van der Waals surface area contributed by atoms with Crippen LogP contribution in [0.4, 0.5) is 0 Å². The zero-order valence-electron chi connectivity index (χ0n) is 17.1. The Kier molecular flexibility index (Phi) is 22.3. The van der Waals surface area contributed by atoms with Gasteiger partial charge in [-0.05, 0) is 22.4 Å². The lowest BCUT2D eigenvalue weighted by atomic mass is 10.0. The predicted molar refractivity (Wildman–Crippen MR) is 117 cm³/mol. The lowest BCUT2D eigenvalue weighted by molar-refractivity contribution is -0.110. The molecule has 0 bridgehead atoms. The van der Waals surface area contributed by atoms with Crippen molar-refractivity contribution in [1.82, 2.24) is 0 Å². The van der Waals surface area contributed by atoms with Crippen LogP contribution in [0.5, 0.6) is 0 Å². The van der Waals surface area contributed by atoms with E-state index in [9.17, 15) is 4.79 Å². The lowest BCUT2D eigenvalue weighted by Crippen LogP contribution is -1.86. The number of carbonyl (C=O) groups is 1. The third-order valence-corrected chi connectivity index (χ3v) is 5.62. The largest absolute Gasteiger partial charge is 0.287 e. The van der Waals surface area contributed by atoms with E-state index in [2.05, 4.69) is 22.9 Å². The Balaban J connectivity index is 2.97. The molecule has 0 aromatic carbocycles. The SMILES string of the molecule is CCCCCCCCCCCCCCCCCCCCCCC(=O)Br. The molecule has 0 N–H and O–H groups in total. The summed E-state index contributed by atoms with van der Waals surface area (Å²) in [6.45, 7) is 2.29. The van der Waals surface area contributed by atoms with E-state index in [1.54, 1.807) is 0 Å². The van der Waals surface area contributed by atoms with Gasteiger partial charge in [-0.1, -0.05) is 129 Å². The smallest absolute Gasteiger partial charge is 0.197 e. The number of rotatable bonds is 21. The molecule has 0 saturated carbocycles. The third kappa shape index (κ3) is 24.1. The van der Waals surface area contributed by atoms with Crippen molar-refractivity contribution in [2.75, 3.05) is 0 Å². The molecule has 0 aromatic rings. The van der Waals surface area contributed by atoms with Crippen molar-refractivity contribution < 1.29 is 4.79 Å². The first-order valence-corrected chi connectivity index (χ1v) is 12.2. The topological polar surface area (TPSA) is 17.1 Å². The normalized spacial score (nSPS) is 11.1. The van der Waals surface area contributed by atoms with E-state index >= 15 is 0 Å². The highest BCUT2D eigenvalue weighted by atomic mass is 79.9. The lowest BCUT2D eigenvalue weighted by Gasteiger charge is -2.04. The fraction of sp³-hybridized carbons (Fsp3) is 0.957. The van der Waals surface area contributed by atoms with Gasteiger partial charge >= 0.3 is 0 Å². The predicted octanol–water partition coefficient (Wildman–Crippen LogP) is 9.12. The Hall–Kier alpha value is 0.150. The average Bonchev–Trinajstić information content (AvgIpc) is 2.60. The quantitative estimate of drug-likeness (QED) is 0.134. The van der Waals surface area contributed by atoms with Crippen LogP contribution in [-0.4, -0.2) is 4.69 Å². The summed E-state index contributed by atoms with van der Waals surface area (Å²) in [6.07, 6.45) is 28.7. The van der Waals surface area contributed by atoms with Gasteiger partial charge in [0.2, 0.25) is 0 Å². The first kappa shape index (κ1) is 25.1. The van der Waals surface area contributed by atoms with Crippen molar-refractivity contribution in [2.24, 2.45) is 0 Å². The van der Waals surface area contributed by atoms with Crippen molar-refractivity contribution in [3.05, 3.63) is 0 Å². The minimum atomic E-state index is 0.162. The van der Waals surface area contributed by atoms with Crippen LogP contribution < -0.4 is 0 Å². The molecule has 2 heteroatoms. The number of hydrogen-bond acceptors (Lipinski definition) is 1. The summed E-state index contributed by atoms with van der Waals surface area (Å²) in [6, 6.07) is 0. The zero-order valence-corrected chi connectivity index (χ0v) is 18.7. The summed E-state index contributed by atoms with van der Waals surface area (Å²) in [4.78, 5) is 10.8. The molecule has 0 aliphatic carbocycles. The molecule has 0 aliphatic heterocycles. The average molecular weight is 418 g/mol. The molecule has 0 amide bonds. The number of halogens is 1. The summed E-state index contributed by atoms with van der Waals surface area (Å²) in [5.74, 6) is 0. The molecule has 0 radical (unpaired) electrons.